The van der Waals surface area contributed by atoms with Crippen molar-refractivity contribution in [2.75, 3.05) is 0 Å². The van der Waals surface area contributed by atoms with Crippen LogP contribution in [-0.2, 0) is 4.79 Å². The van der Waals surface area contributed by atoms with Crippen molar-refractivity contribution in [1.82, 2.24) is 15.5 Å². The van der Waals surface area contributed by atoms with Gasteiger partial charge in [0.15, 0.2) is 5.82 Å². The maximum absolute atomic E-state index is 12.1. The molecule has 0 aromatic carbocycles. The summed E-state index contributed by atoms with van der Waals surface area (Å²) in [4.78, 5) is 16.5. The van der Waals surface area contributed by atoms with Crippen molar-refractivity contribution in [3.05, 3.63) is 41.9 Å². The Morgan fingerprint density at radius 2 is 2.27 bits per heavy atom. The lowest BCUT2D eigenvalue weighted by atomic mass is 10.0. The largest absolute Gasteiger partial charge is 0.465 e. The van der Waals surface area contributed by atoms with Gasteiger partial charge in [-0.05, 0) is 37.0 Å². The third kappa shape index (κ3) is 3.44. The van der Waals surface area contributed by atoms with Crippen LogP contribution in [0.2, 0.25) is 0 Å². The summed E-state index contributed by atoms with van der Waals surface area (Å²) in [5, 5.41) is 6.91. The summed E-state index contributed by atoms with van der Waals surface area (Å²) >= 11 is 0. The maximum atomic E-state index is 12.1. The molecule has 0 bridgehead atoms. The molecule has 3 rings (SSSR count). The van der Waals surface area contributed by atoms with Crippen LogP contribution in [0.3, 0.4) is 0 Å². The van der Waals surface area contributed by atoms with E-state index in [2.05, 4.69) is 15.5 Å². The summed E-state index contributed by atoms with van der Waals surface area (Å²) in [5.41, 5.74) is 0. The second-order valence-corrected chi connectivity index (χ2v) is 5.84. The Morgan fingerprint density at radius 1 is 1.45 bits per heavy atom. The molecular formula is C16H19N3O3. The zero-order valence-electron chi connectivity index (χ0n) is 12.7. The fourth-order valence-electron chi connectivity index (χ4n) is 2.14. The number of nitrogens with zero attached hydrogens (tertiary/aromatic N) is 2. The molecule has 22 heavy (non-hydrogen) atoms. The Kier molecular flexibility index (Phi) is 4.09. The van der Waals surface area contributed by atoms with Gasteiger partial charge in [0.25, 0.3) is 0 Å². The summed E-state index contributed by atoms with van der Waals surface area (Å²) in [7, 11) is 0. The normalized spacial score (nSPS) is 16.3. The molecule has 6 nitrogen and oxygen atoms in total. The van der Waals surface area contributed by atoms with Crippen molar-refractivity contribution in [3.63, 3.8) is 0 Å². The van der Waals surface area contributed by atoms with E-state index in [0.717, 1.165) is 18.7 Å². The van der Waals surface area contributed by atoms with Gasteiger partial charge in [-0.2, -0.15) is 4.98 Å². The molecule has 1 unspecified atom stereocenters. The highest BCUT2D eigenvalue weighted by Gasteiger charge is 2.31. The monoisotopic (exact) mass is 301 g/mol. The average Bonchev–Trinajstić information content (AvgIpc) is 3.02. The minimum Gasteiger partial charge on any atom is -0.465 e. The molecule has 116 valence electrons. The van der Waals surface area contributed by atoms with E-state index < -0.39 is 0 Å². The van der Waals surface area contributed by atoms with E-state index >= 15 is 0 Å². The van der Waals surface area contributed by atoms with Crippen molar-refractivity contribution in [2.45, 2.75) is 38.6 Å². The van der Waals surface area contributed by atoms with Gasteiger partial charge < -0.3 is 14.3 Å². The first-order chi connectivity index (χ1) is 10.6. The highest BCUT2D eigenvalue weighted by molar-refractivity contribution is 5.91. The van der Waals surface area contributed by atoms with E-state index in [1.54, 1.807) is 24.5 Å². The number of hydrogen-bond acceptors (Lipinski definition) is 5. The minimum atomic E-state index is -0.297. The molecule has 1 amide bonds. The number of hydrogen-bond donors (Lipinski definition) is 1. The Bertz CT molecular complexity index is 654. The van der Waals surface area contributed by atoms with E-state index in [0.29, 0.717) is 17.6 Å². The molecule has 1 saturated carbocycles. The number of rotatable bonds is 6. The smallest absolute Gasteiger partial charge is 0.249 e. The lowest BCUT2D eigenvalue weighted by Gasteiger charge is -2.17. The third-order valence-electron chi connectivity index (χ3n) is 3.57. The SMILES string of the molecule is CC(C)C(NC(=O)C=Cc1ccco1)c1nc(C2CC2)no1. The molecule has 1 aliphatic carbocycles. The molecule has 2 aromatic rings. The summed E-state index contributed by atoms with van der Waals surface area (Å²) in [6.45, 7) is 4.00. The molecule has 0 aliphatic heterocycles. The van der Waals surface area contributed by atoms with E-state index in [1.807, 2.05) is 13.8 Å². The average molecular weight is 301 g/mol. The van der Waals surface area contributed by atoms with Crippen molar-refractivity contribution in [2.24, 2.45) is 5.92 Å². The minimum absolute atomic E-state index is 0.147. The standard InChI is InChI=1S/C16H19N3O3/c1-10(2)14(16-18-15(19-22-16)11-5-6-11)17-13(20)8-7-12-4-3-9-21-12/h3-4,7-11,14H,5-6H2,1-2H3,(H,17,20). The topological polar surface area (TPSA) is 81.2 Å². The molecule has 1 N–H and O–H groups in total. The summed E-state index contributed by atoms with van der Waals surface area (Å²) in [6.07, 6.45) is 6.85. The lowest BCUT2D eigenvalue weighted by molar-refractivity contribution is -0.117. The van der Waals surface area contributed by atoms with Gasteiger partial charge in [0.1, 0.15) is 11.8 Å². The van der Waals surface area contributed by atoms with Crippen LogP contribution >= 0.6 is 0 Å². The maximum Gasteiger partial charge on any atom is 0.249 e. The van der Waals surface area contributed by atoms with Crippen LogP contribution in [0.4, 0.5) is 0 Å². The molecule has 1 aliphatic rings. The van der Waals surface area contributed by atoms with Gasteiger partial charge in [0, 0.05) is 12.0 Å². The van der Waals surface area contributed by atoms with Crippen LogP contribution in [0.5, 0.6) is 0 Å². The van der Waals surface area contributed by atoms with Gasteiger partial charge in [0.2, 0.25) is 11.8 Å². The highest BCUT2D eigenvalue weighted by atomic mass is 16.5. The number of carbonyl (C=O) groups is 1. The Balaban J connectivity index is 1.66. The van der Waals surface area contributed by atoms with E-state index in [1.165, 1.54) is 6.08 Å². The molecule has 0 saturated heterocycles. The molecule has 2 aromatic heterocycles. The van der Waals surface area contributed by atoms with Crippen molar-refractivity contribution >= 4 is 12.0 Å². The molecule has 6 heteroatoms. The summed E-state index contributed by atoms with van der Waals surface area (Å²) < 4.78 is 10.5. The first kappa shape index (κ1) is 14.6. The zero-order chi connectivity index (χ0) is 15.5. The van der Waals surface area contributed by atoms with Crippen LogP contribution in [0.15, 0.2) is 33.4 Å². The van der Waals surface area contributed by atoms with Crippen LogP contribution in [-0.4, -0.2) is 16.0 Å². The highest BCUT2D eigenvalue weighted by Crippen LogP contribution is 2.38. The van der Waals surface area contributed by atoms with E-state index in [9.17, 15) is 4.79 Å². The van der Waals surface area contributed by atoms with Crippen molar-refractivity contribution in [3.8, 4) is 0 Å². The Labute approximate surface area is 128 Å². The third-order valence-corrected chi connectivity index (χ3v) is 3.57. The van der Waals surface area contributed by atoms with Gasteiger partial charge in [-0.3, -0.25) is 4.79 Å². The molecule has 2 heterocycles. The predicted molar refractivity (Wildman–Crippen MR) is 79.7 cm³/mol. The molecular weight excluding hydrogens is 282 g/mol. The zero-order valence-corrected chi connectivity index (χ0v) is 12.7. The predicted octanol–water partition coefficient (Wildman–Crippen LogP) is 3.07. The number of aromatic nitrogens is 2. The first-order valence-corrected chi connectivity index (χ1v) is 7.49. The molecule has 1 fully saturated rings. The van der Waals surface area contributed by atoms with E-state index in [-0.39, 0.29) is 17.9 Å². The van der Waals surface area contributed by atoms with Crippen molar-refractivity contribution < 1.29 is 13.7 Å². The number of furan rings is 1. The van der Waals surface area contributed by atoms with Gasteiger partial charge in [-0.15, -0.1) is 0 Å². The summed E-state index contributed by atoms with van der Waals surface area (Å²) in [6, 6.07) is 3.25. The van der Waals surface area contributed by atoms with Crippen molar-refractivity contribution in [1.29, 1.82) is 0 Å². The fraction of sp³-hybridized carbons (Fsp3) is 0.438. The second kappa shape index (κ2) is 6.17. The quantitative estimate of drug-likeness (QED) is 0.829. The van der Waals surface area contributed by atoms with Crippen LogP contribution in [0.1, 0.15) is 56.1 Å². The number of carbonyl (C=O) groups excluding carboxylic acids is 1. The number of amides is 1. The molecule has 0 radical (unpaired) electrons. The summed E-state index contributed by atoms with van der Waals surface area (Å²) in [5.74, 6) is 2.21. The van der Waals surface area contributed by atoms with Gasteiger partial charge >= 0.3 is 0 Å². The van der Waals surface area contributed by atoms with Crippen LogP contribution in [0, 0.1) is 5.92 Å². The van der Waals surface area contributed by atoms with Gasteiger partial charge in [-0.25, -0.2) is 0 Å². The van der Waals surface area contributed by atoms with E-state index in [4.69, 9.17) is 8.94 Å². The molecule has 0 spiro atoms. The number of nitrogens with one attached hydrogen (secondary N) is 1. The Hall–Kier alpha value is -2.37. The second-order valence-electron chi connectivity index (χ2n) is 5.84. The van der Waals surface area contributed by atoms with Crippen LogP contribution < -0.4 is 5.32 Å². The van der Waals surface area contributed by atoms with Crippen LogP contribution in [0.25, 0.3) is 6.08 Å². The first-order valence-electron chi connectivity index (χ1n) is 7.49. The Morgan fingerprint density at radius 3 is 2.91 bits per heavy atom. The molecule has 1 atom stereocenters. The van der Waals surface area contributed by atoms with Gasteiger partial charge in [0.05, 0.1) is 6.26 Å². The van der Waals surface area contributed by atoms with Gasteiger partial charge in [-0.1, -0.05) is 19.0 Å². The lowest BCUT2D eigenvalue weighted by Crippen LogP contribution is -2.30. The fourth-order valence-corrected chi connectivity index (χ4v) is 2.14.